The number of nitrogens with one attached hydrogen (secondary N) is 2. The lowest BCUT2D eigenvalue weighted by Crippen LogP contribution is -2.50. The van der Waals surface area contributed by atoms with E-state index in [4.69, 9.17) is 0 Å². The van der Waals surface area contributed by atoms with E-state index < -0.39 is 24.0 Å². The molecular formula is C13H14N2O4S. The van der Waals surface area contributed by atoms with Crippen molar-refractivity contribution >= 4 is 28.9 Å². The largest absolute Gasteiger partial charge is 0.480 e. The highest BCUT2D eigenvalue weighted by Gasteiger charge is 2.30. The van der Waals surface area contributed by atoms with Crippen LogP contribution in [0.1, 0.15) is 5.56 Å². The lowest BCUT2D eigenvalue weighted by atomic mass is 10.1. The Balaban J connectivity index is 1.97. The van der Waals surface area contributed by atoms with Gasteiger partial charge < -0.3 is 15.7 Å². The van der Waals surface area contributed by atoms with E-state index in [9.17, 15) is 19.5 Å². The minimum atomic E-state index is -1.10. The van der Waals surface area contributed by atoms with Crippen molar-refractivity contribution < 1.29 is 19.5 Å². The number of carbonyl (C=O) groups excluding carboxylic acids is 2. The zero-order valence-electron chi connectivity index (χ0n) is 10.5. The van der Waals surface area contributed by atoms with Gasteiger partial charge in [-0.25, -0.2) is 4.79 Å². The molecule has 20 heavy (non-hydrogen) atoms. The molecule has 1 unspecified atom stereocenters. The number of rotatable bonds is 5. The summed E-state index contributed by atoms with van der Waals surface area (Å²) in [5.41, 5.74) is 0.824. The summed E-state index contributed by atoms with van der Waals surface area (Å²) in [5, 5.41) is 13.8. The van der Waals surface area contributed by atoms with Crippen LogP contribution in [0.4, 0.5) is 4.79 Å². The third-order valence-corrected chi connectivity index (χ3v) is 3.77. The first-order valence-electron chi connectivity index (χ1n) is 6.06. The van der Waals surface area contributed by atoms with E-state index in [0.29, 0.717) is 5.75 Å². The molecule has 2 rings (SSSR count). The van der Waals surface area contributed by atoms with Gasteiger partial charge in [0.1, 0.15) is 12.1 Å². The molecule has 2 atom stereocenters. The van der Waals surface area contributed by atoms with Crippen molar-refractivity contribution in [3.05, 3.63) is 35.9 Å². The summed E-state index contributed by atoms with van der Waals surface area (Å²) in [4.78, 5) is 34.1. The van der Waals surface area contributed by atoms with Crippen LogP contribution in [0.2, 0.25) is 0 Å². The Hall–Kier alpha value is -2.02. The number of carbonyl (C=O) groups is 3. The molecule has 1 saturated heterocycles. The molecule has 0 aromatic heterocycles. The van der Waals surface area contributed by atoms with Crippen LogP contribution >= 0.6 is 11.8 Å². The molecule has 0 spiro atoms. The monoisotopic (exact) mass is 294 g/mol. The molecule has 1 fully saturated rings. The van der Waals surface area contributed by atoms with Crippen LogP contribution in [-0.2, 0) is 16.0 Å². The molecule has 1 aliphatic rings. The normalized spacial score (nSPS) is 19.2. The minimum Gasteiger partial charge on any atom is -0.480 e. The molecule has 0 radical (unpaired) electrons. The van der Waals surface area contributed by atoms with Crippen molar-refractivity contribution in [2.24, 2.45) is 0 Å². The molecule has 2 amide bonds. The van der Waals surface area contributed by atoms with Crippen molar-refractivity contribution in [2.45, 2.75) is 18.5 Å². The number of carboxylic acid groups (broad SMARTS) is 1. The van der Waals surface area contributed by atoms with Crippen LogP contribution in [0.5, 0.6) is 0 Å². The molecule has 0 aliphatic carbocycles. The number of carboxylic acids is 1. The summed E-state index contributed by atoms with van der Waals surface area (Å²) in [6.07, 6.45) is 0.204. The Morgan fingerprint density at radius 3 is 2.65 bits per heavy atom. The molecule has 3 N–H and O–H groups in total. The third-order valence-electron chi connectivity index (χ3n) is 2.89. The van der Waals surface area contributed by atoms with Gasteiger partial charge in [-0.05, 0) is 5.56 Å². The Morgan fingerprint density at radius 2 is 2.10 bits per heavy atom. The van der Waals surface area contributed by atoms with Crippen LogP contribution in [0, 0.1) is 0 Å². The van der Waals surface area contributed by atoms with Gasteiger partial charge in [-0.2, -0.15) is 0 Å². The maximum atomic E-state index is 11.9. The average molecular weight is 294 g/mol. The van der Waals surface area contributed by atoms with E-state index >= 15 is 0 Å². The molecule has 0 bridgehead atoms. The maximum absolute atomic E-state index is 11.9. The zero-order valence-corrected chi connectivity index (χ0v) is 11.4. The summed E-state index contributed by atoms with van der Waals surface area (Å²) in [6, 6.07) is 7.39. The van der Waals surface area contributed by atoms with Crippen molar-refractivity contribution in [3.8, 4) is 0 Å². The Labute approximate surface area is 119 Å². The molecular weight excluding hydrogens is 280 g/mol. The average Bonchev–Trinajstić information content (AvgIpc) is 2.86. The summed E-state index contributed by atoms with van der Waals surface area (Å²) >= 11 is 1.01. The van der Waals surface area contributed by atoms with E-state index in [1.165, 1.54) is 0 Å². The standard InChI is InChI=1S/C13H14N2O4S/c16-11(10-7-20-13(19)15-10)14-9(12(17)18)6-8-4-2-1-3-5-8/h1-5,9-10H,6-7H2,(H,14,16)(H,15,19)(H,17,18)/t9-,10?/m0/s1. The Bertz CT molecular complexity index is 520. The molecule has 1 aromatic rings. The fourth-order valence-electron chi connectivity index (χ4n) is 1.85. The number of amides is 2. The second-order valence-corrected chi connectivity index (χ2v) is 5.38. The number of hydrogen-bond donors (Lipinski definition) is 3. The van der Waals surface area contributed by atoms with Crippen LogP contribution < -0.4 is 10.6 Å². The quantitative estimate of drug-likeness (QED) is 0.740. The van der Waals surface area contributed by atoms with Gasteiger partial charge in [-0.3, -0.25) is 9.59 Å². The first-order chi connectivity index (χ1) is 9.56. The van der Waals surface area contributed by atoms with Gasteiger partial charge in [0.05, 0.1) is 0 Å². The predicted octanol–water partition coefficient (Wildman–Crippen LogP) is 0.623. The van der Waals surface area contributed by atoms with E-state index in [1.807, 2.05) is 18.2 Å². The third kappa shape index (κ3) is 3.74. The molecule has 1 heterocycles. The highest BCUT2D eigenvalue weighted by Crippen LogP contribution is 2.13. The molecule has 0 saturated carbocycles. The van der Waals surface area contributed by atoms with Crippen LogP contribution in [-0.4, -0.2) is 40.1 Å². The van der Waals surface area contributed by atoms with Crippen LogP contribution in [0.25, 0.3) is 0 Å². The van der Waals surface area contributed by atoms with Crippen molar-refractivity contribution in [1.29, 1.82) is 0 Å². The smallest absolute Gasteiger partial charge is 0.326 e. The summed E-state index contributed by atoms with van der Waals surface area (Å²) in [6.45, 7) is 0. The van der Waals surface area contributed by atoms with Gasteiger partial charge in [-0.1, -0.05) is 42.1 Å². The van der Waals surface area contributed by atoms with Gasteiger partial charge in [0.2, 0.25) is 5.91 Å². The molecule has 7 heteroatoms. The Morgan fingerprint density at radius 1 is 1.40 bits per heavy atom. The summed E-state index contributed by atoms with van der Waals surface area (Å²) in [7, 11) is 0. The molecule has 106 valence electrons. The minimum absolute atomic E-state index is 0.204. The molecule has 6 nitrogen and oxygen atoms in total. The van der Waals surface area contributed by atoms with Gasteiger partial charge in [0.25, 0.3) is 5.24 Å². The van der Waals surface area contributed by atoms with Gasteiger partial charge in [0, 0.05) is 12.2 Å². The van der Waals surface area contributed by atoms with Crippen LogP contribution in [0.3, 0.4) is 0 Å². The number of benzene rings is 1. The fourth-order valence-corrected chi connectivity index (χ4v) is 2.63. The highest BCUT2D eigenvalue weighted by atomic mass is 32.2. The lowest BCUT2D eigenvalue weighted by Gasteiger charge is -2.17. The van der Waals surface area contributed by atoms with Crippen LogP contribution in [0.15, 0.2) is 30.3 Å². The van der Waals surface area contributed by atoms with Gasteiger partial charge in [-0.15, -0.1) is 0 Å². The van der Waals surface area contributed by atoms with E-state index in [2.05, 4.69) is 10.6 Å². The van der Waals surface area contributed by atoms with E-state index in [-0.39, 0.29) is 11.7 Å². The first kappa shape index (κ1) is 14.4. The van der Waals surface area contributed by atoms with Gasteiger partial charge in [0.15, 0.2) is 0 Å². The number of thioether (sulfide) groups is 1. The fraction of sp³-hybridized carbons (Fsp3) is 0.308. The van der Waals surface area contributed by atoms with Gasteiger partial charge >= 0.3 is 5.97 Å². The van der Waals surface area contributed by atoms with E-state index in [1.54, 1.807) is 12.1 Å². The second kappa shape index (κ2) is 6.42. The highest BCUT2D eigenvalue weighted by molar-refractivity contribution is 8.14. The number of hydrogen-bond acceptors (Lipinski definition) is 4. The van der Waals surface area contributed by atoms with Crippen molar-refractivity contribution in [2.75, 3.05) is 5.75 Å². The van der Waals surface area contributed by atoms with E-state index in [0.717, 1.165) is 17.3 Å². The molecule has 1 aliphatic heterocycles. The van der Waals surface area contributed by atoms with Crippen molar-refractivity contribution in [1.82, 2.24) is 10.6 Å². The first-order valence-corrected chi connectivity index (χ1v) is 7.05. The Kier molecular flexibility index (Phi) is 4.62. The summed E-state index contributed by atoms with van der Waals surface area (Å²) in [5.74, 6) is -1.24. The van der Waals surface area contributed by atoms with Crippen molar-refractivity contribution in [3.63, 3.8) is 0 Å². The second-order valence-electron chi connectivity index (χ2n) is 4.38. The maximum Gasteiger partial charge on any atom is 0.326 e. The predicted molar refractivity (Wildman–Crippen MR) is 74.5 cm³/mol. The summed E-state index contributed by atoms with van der Waals surface area (Å²) < 4.78 is 0. The SMILES string of the molecule is O=C1NC(C(=O)N[C@@H](Cc2ccccc2)C(=O)O)CS1. The number of aliphatic carboxylic acids is 1. The lowest BCUT2D eigenvalue weighted by molar-refractivity contribution is -0.141. The zero-order chi connectivity index (χ0) is 14.5. The molecule has 1 aromatic carbocycles. The topological polar surface area (TPSA) is 95.5 Å².